The second kappa shape index (κ2) is 5.20. The zero-order valence-electron chi connectivity index (χ0n) is 10.2. The molecule has 1 atom stereocenters. The molecule has 0 saturated carbocycles. The fourth-order valence-corrected chi connectivity index (χ4v) is 2.32. The van der Waals surface area contributed by atoms with Gasteiger partial charge in [-0.15, -0.1) is 0 Å². The van der Waals surface area contributed by atoms with Gasteiger partial charge in [0, 0.05) is 24.7 Å². The molecule has 0 saturated heterocycles. The molecule has 0 bridgehead atoms. The fourth-order valence-electron chi connectivity index (χ4n) is 1.94. The summed E-state index contributed by atoms with van der Waals surface area (Å²) in [5.41, 5.74) is 2.05. The van der Waals surface area contributed by atoms with Crippen LogP contribution in [0.4, 0.5) is 4.39 Å². The fraction of sp³-hybridized carbons (Fsp3) is 0.308. The Bertz CT molecular complexity index is 568. The van der Waals surface area contributed by atoms with Crippen molar-refractivity contribution in [2.75, 3.05) is 0 Å². The highest BCUT2D eigenvalue weighted by Gasteiger charge is 2.17. The molecule has 1 unspecified atom stereocenters. The molecule has 0 spiro atoms. The lowest BCUT2D eigenvalue weighted by molar-refractivity contribution is 0.171. The van der Waals surface area contributed by atoms with E-state index in [9.17, 15) is 9.50 Å². The Kier molecular flexibility index (Phi) is 3.82. The molecule has 1 aromatic carbocycles. The average molecular weight is 313 g/mol. The summed E-state index contributed by atoms with van der Waals surface area (Å²) in [4.78, 5) is 0. The van der Waals surface area contributed by atoms with E-state index < -0.39 is 11.9 Å². The van der Waals surface area contributed by atoms with Crippen molar-refractivity contribution in [2.24, 2.45) is 7.05 Å². The molecule has 0 fully saturated rings. The lowest BCUT2D eigenvalue weighted by Crippen LogP contribution is -2.08. The maximum absolute atomic E-state index is 13.8. The van der Waals surface area contributed by atoms with Gasteiger partial charge in [-0.25, -0.2) is 4.39 Å². The molecule has 1 aromatic heterocycles. The smallest absolute Gasteiger partial charge is 0.143 e. The van der Waals surface area contributed by atoms with Crippen molar-refractivity contribution >= 4 is 15.9 Å². The summed E-state index contributed by atoms with van der Waals surface area (Å²) in [6, 6.07) is 6.80. The maximum Gasteiger partial charge on any atom is 0.143 e. The zero-order chi connectivity index (χ0) is 13.3. The van der Waals surface area contributed by atoms with Crippen LogP contribution in [-0.4, -0.2) is 14.9 Å². The predicted molar refractivity (Wildman–Crippen MR) is 70.7 cm³/mol. The molecule has 5 heteroatoms. The lowest BCUT2D eigenvalue weighted by Gasteiger charge is -2.12. The molecule has 0 amide bonds. The van der Waals surface area contributed by atoms with Crippen LogP contribution in [0, 0.1) is 12.7 Å². The summed E-state index contributed by atoms with van der Waals surface area (Å²) in [5, 5.41) is 14.3. The van der Waals surface area contributed by atoms with Gasteiger partial charge in [-0.1, -0.05) is 12.1 Å². The van der Waals surface area contributed by atoms with E-state index in [1.54, 1.807) is 22.9 Å². The van der Waals surface area contributed by atoms with E-state index in [0.717, 1.165) is 11.4 Å². The van der Waals surface area contributed by atoms with Crippen molar-refractivity contribution in [3.05, 3.63) is 51.5 Å². The molecule has 0 aliphatic carbocycles. The Morgan fingerprint density at radius 2 is 2.22 bits per heavy atom. The second-order valence-corrected chi connectivity index (χ2v) is 5.12. The highest BCUT2D eigenvalue weighted by Crippen LogP contribution is 2.26. The number of aromatic nitrogens is 2. The van der Waals surface area contributed by atoms with Gasteiger partial charge in [0.15, 0.2) is 0 Å². The third kappa shape index (κ3) is 2.62. The number of aliphatic hydroxyl groups excluding tert-OH is 1. The SMILES string of the molecule is Cc1cc(CC(O)c2cccc(Br)c2F)n(C)n1. The van der Waals surface area contributed by atoms with Crippen LogP contribution in [0.2, 0.25) is 0 Å². The topological polar surface area (TPSA) is 38.0 Å². The molecular formula is C13H14BrFN2O. The van der Waals surface area contributed by atoms with Crippen LogP contribution in [0.1, 0.15) is 23.1 Å². The number of hydrogen-bond donors (Lipinski definition) is 1. The number of aliphatic hydroxyl groups is 1. The largest absolute Gasteiger partial charge is 0.388 e. The molecule has 3 nitrogen and oxygen atoms in total. The minimum Gasteiger partial charge on any atom is -0.388 e. The minimum absolute atomic E-state index is 0.295. The first-order chi connectivity index (χ1) is 8.49. The molecule has 2 rings (SSSR count). The number of benzene rings is 1. The van der Waals surface area contributed by atoms with Crippen molar-refractivity contribution in [1.82, 2.24) is 9.78 Å². The van der Waals surface area contributed by atoms with Crippen LogP contribution < -0.4 is 0 Å². The molecular weight excluding hydrogens is 299 g/mol. The van der Waals surface area contributed by atoms with Gasteiger partial charge in [0.1, 0.15) is 5.82 Å². The van der Waals surface area contributed by atoms with Crippen LogP contribution in [0.25, 0.3) is 0 Å². The van der Waals surface area contributed by atoms with E-state index in [1.807, 2.05) is 20.0 Å². The monoisotopic (exact) mass is 312 g/mol. The summed E-state index contributed by atoms with van der Waals surface area (Å²) in [5.74, 6) is -0.413. The summed E-state index contributed by atoms with van der Waals surface area (Å²) in [7, 11) is 1.81. The highest BCUT2D eigenvalue weighted by molar-refractivity contribution is 9.10. The van der Waals surface area contributed by atoms with Gasteiger partial charge in [-0.3, -0.25) is 4.68 Å². The molecule has 96 valence electrons. The second-order valence-electron chi connectivity index (χ2n) is 4.26. The van der Waals surface area contributed by atoms with Crippen LogP contribution in [-0.2, 0) is 13.5 Å². The van der Waals surface area contributed by atoms with E-state index >= 15 is 0 Å². The number of aryl methyl sites for hydroxylation is 2. The van der Waals surface area contributed by atoms with Crippen LogP contribution in [0.15, 0.2) is 28.7 Å². The first-order valence-corrected chi connectivity index (χ1v) is 6.40. The standard InChI is InChI=1S/C13H14BrFN2O/c1-8-6-9(17(2)16-8)7-12(18)10-4-3-5-11(14)13(10)15/h3-6,12,18H,7H2,1-2H3. The van der Waals surface area contributed by atoms with Crippen molar-refractivity contribution in [2.45, 2.75) is 19.4 Å². The average Bonchev–Trinajstić information content (AvgIpc) is 2.61. The highest BCUT2D eigenvalue weighted by atomic mass is 79.9. The van der Waals surface area contributed by atoms with Gasteiger partial charge in [0.2, 0.25) is 0 Å². The molecule has 0 aliphatic rings. The van der Waals surface area contributed by atoms with E-state index in [4.69, 9.17) is 0 Å². The van der Waals surface area contributed by atoms with Gasteiger partial charge in [-0.2, -0.15) is 5.10 Å². The van der Waals surface area contributed by atoms with Crippen LogP contribution in [0.3, 0.4) is 0 Å². The normalized spacial score (nSPS) is 12.7. The lowest BCUT2D eigenvalue weighted by atomic mass is 10.0. The Morgan fingerprint density at radius 3 is 2.83 bits per heavy atom. The quantitative estimate of drug-likeness (QED) is 0.946. The number of hydrogen-bond acceptors (Lipinski definition) is 2. The molecule has 2 aromatic rings. The summed E-state index contributed by atoms with van der Waals surface area (Å²) < 4.78 is 15.9. The number of rotatable bonds is 3. The Labute approximate surface area is 113 Å². The van der Waals surface area contributed by atoms with Gasteiger partial charge in [-0.05, 0) is 35.0 Å². The third-order valence-electron chi connectivity index (χ3n) is 2.84. The van der Waals surface area contributed by atoms with E-state index in [-0.39, 0.29) is 0 Å². The first-order valence-electron chi connectivity index (χ1n) is 5.60. The van der Waals surface area contributed by atoms with Crippen molar-refractivity contribution in [3.63, 3.8) is 0 Å². The Hall–Kier alpha value is -1.20. The molecule has 0 aliphatic heterocycles. The van der Waals surface area contributed by atoms with Gasteiger partial charge in [0.25, 0.3) is 0 Å². The summed E-state index contributed by atoms with van der Waals surface area (Å²) in [6.45, 7) is 1.88. The molecule has 1 heterocycles. The summed E-state index contributed by atoms with van der Waals surface area (Å²) in [6.07, 6.45) is -0.539. The maximum atomic E-state index is 13.8. The van der Waals surface area contributed by atoms with Gasteiger partial charge in [0.05, 0.1) is 16.3 Å². The number of halogens is 2. The summed E-state index contributed by atoms with van der Waals surface area (Å²) >= 11 is 3.11. The van der Waals surface area contributed by atoms with Crippen molar-refractivity contribution in [1.29, 1.82) is 0 Å². The van der Waals surface area contributed by atoms with Gasteiger partial charge < -0.3 is 5.11 Å². The van der Waals surface area contributed by atoms with Crippen LogP contribution >= 0.6 is 15.9 Å². The molecule has 1 N–H and O–H groups in total. The van der Waals surface area contributed by atoms with E-state index in [0.29, 0.717) is 16.5 Å². The first kappa shape index (κ1) is 13.2. The Morgan fingerprint density at radius 1 is 1.50 bits per heavy atom. The molecule has 18 heavy (non-hydrogen) atoms. The zero-order valence-corrected chi connectivity index (χ0v) is 11.8. The van der Waals surface area contributed by atoms with Gasteiger partial charge >= 0.3 is 0 Å². The predicted octanol–water partition coefficient (Wildman–Crippen LogP) is 2.91. The number of nitrogens with zero attached hydrogens (tertiary/aromatic N) is 2. The van der Waals surface area contributed by atoms with Crippen molar-refractivity contribution in [3.8, 4) is 0 Å². The molecule has 0 radical (unpaired) electrons. The van der Waals surface area contributed by atoms with E-state index in [2.05, 4.69) is 21.0 Å². The van der Waals surface area contributed by atoms with Crippen molar-refractivity contribution < 1.29 is 9.50 Å². The third-order valence-corrected chi connectivity index (χ3v) is 3.45. The van der Waals surface area contributed by atoms with Crippen LogP contribution in [0.5, 0.6) is 0 Å². The van der Waals surface area contributed by atoms with E-state index in [1.165, 1.54) is 0 Å². The minimum atomic E-state index is -0.878. The Balaban J connectivity index is 2.24.